The molecule has 0 spiro atoms. The highest BCUT2D eigenvalue weighted by Gasteiger charge is 2.65. The molecule has 18 N–H and O–H groups in total. The van der Waals surface area contributed by atoms with Gasteiger partial charge in [-0.1, -0.05) is 171 Å². The van der Waals surface area contributed by atoms with E-state index in [1.54, 1.807) is 80.6 Å². The average Bonchev–Trinajstić information content (AvgIpc) is 1.57. The number of alkyl carbamates (subject to hydrolysis) is 1. The molecule has 3 saturated heterocycles. The Labute approximate surface area is 789 Å². The molecule has 132 heavy (non-hydrogen) atoms. The second-order valence-corrected chi connectivity index (χ2v) is 39.5. The number of ketones is 1. The van der Waals surface area contributed by atoms with Crippen molar-refractivity contribution in [1.29, 1.82) is 0 Å². The number of epoxide rings is 1. The number of likely N-dealkylation sites (N-methyl/N-ethyl adjacent to an activating group) is 1. The summed E-state index contributed by atoms with van der Waals surface area (Å²) < 4.78 is 29.7. The number of aliphatic hydroxyl groups excluding tert-OH is 1. The van der Waals surface area contributed by atoms with Crippen molar-refractivity contribution in [2.45, 2.75) is 228 Å². The van der Waals surface area contributed by atoms with Crippen molar-refractivity contribution in [2.24, 2.45) is 29.0 Å². The van der Waals surface area contributed by atoms with E-state index in [2.05, 4.69) is 47.9 Å². The highest BCUT2D eigenvalue weighted by Crippen LogP contribution is 2.50. The van der Waals surface area contributed by atoms with Gasteiger partial charge < -0.3 is 109 Å². The largest absolute Gasteiger partial charge is 0.508 e. The maximum absolute atomic E-state index is 15.3. The zero-order chi connectivity index (χ0) is 96.1. The summed E-state index contributed by atoms with van der Waals surface area (Å²) in [7, 11) is 9.77. The van der Waals surface area contributed by atoms with Crippen molar-refractivity contribution in [2.75, 3.05) is 75.9 Å². The topological polar surface area (TPSA) is 525 Å². The number of hydrogen-bond donors (Lipinski definition) is 15. The summed E-state index contributed by atoms with van der Waals surface area (Å²) in [5.74, 6) is -11.7. The summed E-state index contributed by atoms with van der Waals surface area (Å²) >= 11 is 6.91. The molecule has 4 aromatic carbocycles. The van der Waals surface area contributed by atoms with Crippen molar-refractivity contribution in [3.63, 3.8) is 0 Å². The number of phenolic OH excluding ortho intramolecular Hbond substituents is 1. The number of ether oxygens (including phenoxy) is 5. The zero-order valence-corrected chi connectivity index (χ0v) is 79.7. The third kappa shape index (κ3) is 30.5. The summed E-state index contributed by atoms with van der Waals surface area (Å²) in [6.45, 7) is 9.00. The smallest absolute Gasteiger partial charge is 0.409 e. The summed E-state index contributed by atoms with van der Waals surface area (Å²) in [4.78, 5) is 190. The Hall–Kier alpha value is -9.94. The lowest BCUT2D eigenvalue weighted by molar-refractivity contribution is -0.162. The lowest BCUT2D eigenvalue weighted by Gasteiger charge is -2.42. The van der Waals surface area contributed by atoms with Crippen molar-refractivity contribution in [3.05, 3.63) is 154 Å². The first-order valence-electron chi connectivity index (χ1n) is 44.2. The molecule has 17 atom stereocenters. The van der Waals surface area contributed by atoms with E-state index in [0.29, 0.717) is 48.2 Å². The number of nitrogens with two attached hydrogens (primary N) is 3. The Balaban J connectivity index is 0.926. The molecule has 720 valence electrons. The summed E-state index contributed by atoms with van der Waals surface area (Å²) in [6.07, 6.45) is 3.15. The molecule has 0 aromatic heterocycles. The minimum atomic E-state index is -1.96. The number of carbonyl (C=O) groups excluding carboxylic acids is 13. The first-order chi connectivity index (χ1) is 62.9. The van der Waals surface area contributed by atoms with Crippen LogP contribution in [-0.2, 0) is 97.4 Å². The average molecular weight is 1930 g/mol. The fourth-order valence-corrected chi connectivity index (χ4v) is 20.7. The number of hydrogen-bond acceptors (Lipinski definition) is 27. The van der Waals surface area contributed by atoms with Crippen LogP contribution < -0.4 is 74.7 Å². The fourth-order valence-electron chi connectivity index (χ4n) is 15.9. The number of unbranched alkanes of at least 4 members (excludes halogenated alkanes) is 4. The summed E-state index contributed by atoms with van der Waals surface area (Å²) in [5.41, 5.74) is 20.3. The van der Waals surface area contributed by atoms with E-state index < -0.39 is 192 Å². The van der Waals surface area contributed by atoms with Gasteiger partial charge in [-0.3, -0.25) is 53.3 Å². The second kappa shape index (κ2) is 51.0. The Morgan fingerprint density at radius 2 is 1.50 bits per heavy atom. The number of allylic oxidation sites excluding steroid dienone is 4. The number of methoxy groups -OCH3 is 2. The first-order valence-corrected chi connectivity index (χ1v) is 49.5. The Morgan fingerprint density at radius 1 is 0.818 bits per heavy atom. The number of nitrogens with one attached hydrogen (secondary N) is 9. The van der Waals surface area contributed by atoms with Gasteiger partial charge in [-0.15, -0.1) is 0 Å². The Morgan fingerprint density at radius 3 is 2.20 bits per heavy atom. The molecule has 9 rings (SSSR count). The predicted octanol–water partition coefficient (Wildman–Crippen LogP) is 5.57. The molecule has 1 aliphatic carbocycles. The number of urea groups is 1. The molecule has 40 heteroatoms. The van der Waals surface area contributed by atoms with Gasteiger partial charge in [-0.25, -0.2) is 14.4 Å². The lowest BCUT2D eigenvalue weighted by Crippen LogP contribution is -2.63. The van der Waals surface area contributed by atoms with Crippen LogP contribution in [0.5, 0.6) is 11.5 Å². The van der Waals surface area contributed by atoms with Crippen LogP contribution in [0.3, 0.4) is 0 Å². The van der Waals surface area contributed by atoms with E-state index in [1.807, 2.05) is 43.3 Å². The van der Waals surface area contributed by atoms with Crippen LogP contribution in [0.2, 0.25) is 5.02 Å². The SMILES string of the molecule is COc1cc2cc(c1Cl)N(C)C(=O)C[C@H](OC(=O)[C@H](C)N(C)C(=O)CCSSC[C@H](NC(=O)[C@@H]1CSSC[C@H](NC(=O)[C@H](N)Cc3ccccc3)C(=O)C[C@@H](Cc3ccc(O)cc3)C(=O)N[C@H](CC3=CCc4ccccc43)C(=O)N[C@@H](CCCCNC(=O)NCCCCCCN)C(=O)N[C@@H]([C@@H](C)O)C(=O)N1)C(N)=O)[C@]1(C)O[C@H]1[C@H](C)[C@@H]1C[C@@](O)(NC(=O)O1)[C@H](OC)/C=C/C=C(\C)C2. The van der Waals surface area contributed by atoms with E-state index in [-0.39, 0.29) is 103 Å². The number of aromatic hydroxyl groups is 1. The van der Waals surface area contributed by atoms with Gasteiger partial charge in [0.25, 0.3) is 0 Å². The van der Waals surface area contributed by atoms with Crippen LogP contribution in [0.15, 0.2) is 121 Å². The number of amides is 12. The maximum Gasteiger partial charge on any atom is 0.409 e. The standard InChI is InChI=1S/C92H125ClN14O21S4/c1-52-22-21-28-74(125-9)92(123)48-73(126-90(122)105-92)53(2)80-91(5,128-80)75(47-77(112)107(7)70-43-58(40-52)44-72(124-8)78(70)93)127-88(120)54(3)106(6)76(111)35-39-129-130-50-68(81(96)113)102-86(118)69-51-132-131-49-67(101-83(115)64(95)42-56-23-13-12-14-24-56)71(110)46-61(41-57-29-33-62(109)34-30-57)82(114)100-66(45-60-32-31-59-25-15-16-26-63(59)60)85(117)99-65(84(116)104-79(55(4)108)87(119)103-69)27-17-20-38-98-89(121)97-37-19-11-10-18-36-94/h12-16,21-26,28-30,32-34,43-44,53-55,61,64-69,73-75,79-80,108-109,123H,10-11,17-20,27,31,35-42,45-51,94-95H2,1-9H3,(H2,96,113)(H,99,117)(H,100,114)(H,101,115)(H,102,118)(H,103,119)(H,104,116)(H,105,122)(H2,97,98,121)/b28-21+,52-22+/t53-,54+,55-,61-,64-,65+,66-,67+,68+,69+,73+,74-,75+,79+,80+,91+,92+/m1/s1. The number of primary amides is 1. The first kappa shape index (κ1) is 106. The van der Waals surface area contributed by atoms with E-state index in [1.165, 1.54) is 59.2 Å². The monoisotopic (exact) mass is 1920 g/mol. The van der Waals surface area contributed by atoms with E-state index >= 15 is 19.2 Å². The quantitative estimate of drug-likeness (QED) is 0.0118. The normalized spacial score (nSPS) is 25.7. The zero-order valence-electron chi connectivity index (χ0n) is 75.7. The second-order valence-electron chi connectivity index (χ2n) is 34.0. The van der Waals surface area contributed by atoms with Crippen LogP contribution in [0.1, 0.15) is 139 Å². The van der Waals surface area contributed by atoms with Crippen molar-refractivity contribution >= 4 is 143 Å². The minimum Gasteiger partial charge on any atom is -0.508 e. The van der Waals surface area contributed by atoms with Crippen molar-refractivity contribution < 1.29 is 101 Å². The van der Waals surface area contributed by atoms with Crippen LogP contribution in [-0.4, -0.2) is 258 Å². The predicted molar refractivity (Wildman–Crippen MR) is 506 cm³/mol. The number of benzene rings is 4. The number of nitrogens with zero attached hydrogens (tertiary/aromatic N) is 2. The maximum atomic E-state index is 15.3. The molecule has 4 aromatic rings. The van der Waals surface area contributed by atoms with Crippen LogP contribution in [0, 0.1) is 11.8 Å². The Kier molecular flexibility index (Phi) is 40.8. The fraction of sp³-hybridized carbons (Fsp3) is 0.533. The van der Waals surface area contributed by atoms with Crippen LogP contribution in [0.25, 0.3) is 5.57 Å². The molecular formula is C92H125ClN14O21S4. The van der Waals surface area contributed by atoms with Gasteiger partial charge in [0.15, 0.2) is 11.5 Å². The number of Topliss-reactive ketones (excluding diaryl/α,β-unsaturated/α-hetero) is 1. The molecule has 5 aliphatic rings. The Bertz CT molecular complexity index is 4810. The van der Waals surface area contributed by atoms with Crippen molar-refractivity contribution in [3.8, 4) is 11.5 Å². The molecule has 3 fully saturated rings. The minimum absolute atomic E-state index is 0.0610. The number of halogens is 1. The van der Waals surface area contributed by atoms with Gasteiger partial charge >= 0.3 is 18.1 Å². The highest BCUT2D eigenvalue weighted by atomic mass is 35.5. The number of esters is 1. The molecule has 35 nitrogen and oxygen atoms in total. The number of aliphatic hydroxyl groups is 2. The van der Waals surface area contributed by atoms with Crippen LogP contribution >= 0.6 is 54.8 Å². The highest BCUT2D eigenvalue weighted by molar-refractivity contribution is 8.77. The van der Waals surface area contributed by atoms with Gasteiger partial charge in [-0.05, 0) is 150 Å². The van der Waals surface area contributed by atoms with Gasteiger partial charge in [0.2, 0.25) is 53.2 Å². The van der Waals surface area contributed by atoms with E-state index in [4.69, 9.17) is 52.5 Å². The van der Waals surface area contributed by atoms with E-state index in [9.17, 15) is 58.5 Å². The molecule has 0 saturated carbocycles. The van der Waals surface area contributed by atoms with Crippen LogP contribution in [0.4, 0.5) is 15.3 Å². The third-order valence-electron chi connectivity index (χ3n) is 24.0. The van der Waals surface area contributed by atoms with Gasteiger partial charge in [-0.2, -0.15) is 0 Å². The van der Waals surface area contributed by atoms with Crippen molar-refractivity contribution in [1.82, 2.24) is 52.8 Å². The van der Waals surface area contributed by atoms with Gasteiger partial charge in [0.1, 0.15) is 76.7 Å². The van der Waals surface area contributed by atoms with Gasteiger partial charge in [0, 0.05) is 94.8 Å². The molecule has 0 unspecified atom stereocenters. The molecule has 4 heterocycles. The van der Waals surface area contributed by atoms with E-state index in [0.717, 1.165) is 90.5 Å². The molecule has 4 aliphatic heterocycles. The molecule has 0 radical (unpaired) electrons. The molecular weight excluding hydrogens is 1800 g/mol. The third-order valence-corrected chi connectivity index (χ3v) is 29.2. The van der Waals surface area contributed by atoms with Gasteiger partial charge in [0.05, 0.1) is 43.5 Å². The summed E-state index contributed by atoms with van der Waals surface area (Å²) in [6, 6.07) is 13.6. The number of carbonyl (C=O) groups is 13. The molecule has 12 amide bonds. The lowest BCUT2D eigenvalue weighted by atomic mass is 9.83. The molecule has 4 bridgehead atoms. The number of phenols is 1. The number of anilines is 1. The number of fused-ring (bicyclic) bond motifs is 6. The number of rotatable bonds is 34. The summed E-state index contributed by atoms with van der Waals surface area (Å²) in [5, 5.41) is 58.4.